The first kappa shape index (κ1) is 47.9. The van der Waals surface area contributed by atoms with Gasteiger partial charge in [-0.3, -0.25) is 14.4 Å². The molecule has 57 heavy (non-hydrogen) atoms. The van der Waals surface area contributed by atoms with Gasteiger partial charge in [-0.25, -0.2) is 4.79 Å². The van der Waals surface area contributed by atoms with Gasteiger partial charge in [0.1, 0.15) is 24.3 Å². The molecule has 3 amide bonds. The third-order valence-electron chi connectivity index (χ3n) is 11.1. The Morgan fingerprint density at radius 1 is 1.14 bits per heavy atom. The molecule has 1 aromatic carbocycles. The Bertz CT molecular complexity index is 1630. The lowest BCUT2D eigenvalue weighted by molar-refractivity contribution is -0.148. The number of aromatic amines is 1. The van der Waals surface area contributed by atoms with Crippen LogP contribution in [-0.4, -0.2) is 121 Å². The van der Waals surface area contributed by atoms with Crippen molar-refractivity contribution in [2.24, 2.45) is 17.6 Å². The summed E-state index contributed by atoms with van der Waals surface area (Å²) in [5.41, 5.74) is 9.15. The van der Waals surface area contributed by atoms with Crippen LogP contribution in [0.1, 0.15) is 79.2 Å². The van der Waals surface area contributed by atoms with Crippen molar-refractivity contribution in [3.05, 3.63) is 47.7 Å². The number of aliphatic hydroxyl groups excluding tert-OH is 1. The van der Waals surface area contributed by atoms with E-state index in [1.165, 1.54) is 25.3 Å². The van der Waals surface area contributed by atoms with Gasteiger partial charge in [0, 0.05) is 43.7 Å². The molecule has 3 heterocycles. The molecule has 320 valence electrons. The average Bonchev–Trinajstić information content (AvgIpc) is 4.07. The molecule has 1 unspecified atom stereocenters. The highest BCUT2D eigenvalue weighted by Gasteiger charge is 2.70. The Balaban J connectivity index is 0.000000344. The van der Waals surface area contributed by atoms with Gasteiger partial charge in [0.25, 0.3) is 0 Å². The van der Waals surface area contributed by atoms with E-state index in [1.54, 1.807) is 18.0 Å². The number of carbonyl (C=O) groups is 4. The number of nitrogens with one attached hydrogen (secondary N) is 4. The van der Waals surface area contributed by atoms with Crippen LogP contribution >= 0.6 is 11.8 Å². The Labute approximate surface area is 342 Å². The molecular weight excluding hydrogens is 751 g/mol. The number of para-hydroxylation sites is 1. The topological polar surface area (TPSA) is 210 Å². The summed E-state index contributed by atoms with van der Waals surface area (Å²) in [6.45, 7) is 12.7. The fourth-order valence-corrected chi connectivity index (χ4v) is 8.06. The molecule has 15 heteroatoms. The third-order valence-corrected chi connectivity index (χ3v) is 11.7. The number of ether oxygens (including phenoxy) is 4. The van der Waals surface area contributed by atoms with E-state index in [0.29, 0.717) is 30.6 Å². The number of thioether (sulfide) groups is 1. The molecule has 1 aliphatic carbocycles. The molecule has 5 rings (SSSR count). The van der Waals surface area contributed by atoms with Crippen LogP contribution in [-0.2, 0) is 44.5 Å². The molecule has 14 nitrogen and oxygen atoms in total. The maximum atomic E-state index is 13.2. The standard InChI is InChI=1S/C25H37N5O5S.C16H26O3.CH4O/c1-15(2)22(28-14-31)13-35-25(34)16(3)29-24(33)21(30-23(32)19(26)9-10-36-4)11-17-12-27-20-8-6-5-7-18(17)20;1-11(2)7-8-13-15(3,19-13)14-12(17-4)6-5-9-16(14)10-18-16;1-2/h5-8,12,14-16,19,21-22,27H,9-11,13,26H2,1-4H3,(H,28,31)(H,29,33)(H,30,32);7,12-14H,5-6,8-10H2,1-4H3;2H,1H3/t16-,19-,21-,22?;12-,13-,14-,15+,16+;/m01./s1. The summed E-state index contributed by atoms with van der Waals surface area (Å²) in [6, 6.07) is 4.64. The number of aliphatic hydroxyl groups is 1. The zero-order chi connectivity index (χ0) is 42.3. The number of methoxy groups -OCH3 is 1. The number of hydrogen-bond acceptors (Lipinski definition) is 11. The van der Waals surface area contributed by atoms with Gasteiger partial charge in [-0.2, -0.15) is 11.8 Å². The monoisotopic (exact) mass is 817 g/mol. The number of amides is 3. The van der Waals surface area contributed by atoms with Crippen molar-refractivity contribution in [1.82, 2.24) is 20.9 Å². The summed E-state index contributed by atoms with van der Waals surface area (Å²) in [6.07, 6.45) is 12.4. The van der Waals surface area contributed by atoms with Crippen LogP contribution in [0.4, 0.5) is 0 Å². The molecule has 7 N–H and O–H groups in total. The van der Waals surface area contributed by atoms with Crippen LogP contribution in [0.2, 0.25) is 0 Å². The van der Waals surface area contributed by atoms with Crippen molar-refractivity contribution in [2.45, 2.75) is 128 Å². The Kier molecular flexibility index (Phi) is 19.0. The second-order valence-corrected chi connectivity index (χ2v) is 16.8. The number of nitrogens with two attached hydrogens (primary N) is 1. The third kappa shape index (κ3) is 13.3. The van der Waals surface area contributed by atoms with Crippen LogP contribution in [0.5, 0.6) is 0 Å². The Hall–Kier alpha value is -3.47. The Morgan fingerprint density at radius 2 is 1.84 bits per heavy atom. The van der Waals surface area contributed by atoms with E-state index in [4.69, 9.17) is 29.8 Å². The van der Waals surface area contributed by atoms with Gasteiger partial charge in [0.15, 0.2) is 0 Å². The quantitative estimate of drug-likeness (QED) is 0.0520. The normalized spacial score (nSPS) is 25.3. The van der Waals surface area contributed by atoms with Gasteiger partial charge in [-0.1, -0.05) is 43.7 Å². The predicted molar refractivity (Wildman–Crippen MR) is 224 cm³/mol. The molecule has 3 fully saturated rings. The highest BCUT2D eigenvalue weighted by Crippen LogP contribution is 2.59. The predicted octanol–water partition coefficient (Wildman–Crippen LogP) is 3.79. The van der Waals surface area contributed by atoms with E-state index in [-0.39, 0.29) is 42.3 Å². The van der Waals surface area contributed by atoms with Crippen LogP contribution in [0.3, 0.4) is 0 Å². The van der Waals surface area contributed by atoms with Gasteiger partial charge in [0.05, 0.1) is 36.5 Å². The average molecular weight is 818 g/mol. The second-order valence-electron chi connectivity index (χ2n) is 15.8. The molecule has 9 atom stereocenters. The molecule has 0 radical (unpaired) electrons. The summed E-state index contributed by atoms with van der Waals surface area (Å²) in [5, 5.41) is 15.9. The van der Waals surface area contributed by atoms with Crippen molar-refractivity contribution in [3.63, 3.8) is 0 Å². The number of hydrogen-bond donors (Lipinski definition) is 6. The van der Waals surface area contributed by atoms with Crippen molar-refractivity contribution in [3.8, 4) is 0 Å². The van der Waals surface area contributed by atoms with Crippen molar-refractivity contribution >= 4 is 46.9 Å². The van der Waals surface area contributed by atoms with E-state index in [1.807, 2.05) is 51.5 Å². The van der Waals surface area contributed by atoms with Gasteiger partial charge < -0.3 is 50.7 Å². The number of aromatic nitrogens is 1. The number of fused-ring (bicyclic) bond motifs is 1. The van der Waals surface area contributed by atoms with E-state index in [9.17, 15) is 19.2 Å². The van der Waals surface area contributed by atoms with Crippen LogP contribution in [0.15, 0.2) is 42.1 Å². The number of carbonyl (C=O) groups excluding carboxylic acids is 4. The molecule has 1 aromatic heterocycles. The van der Waals surface area contributed by atoms with Crippen molar-refractivity contribution < 1.29 is 43.2 Å². The lowest BCUT2D eigenvalue weighted by atomic mass is 9.69. The Morgan fingerprint density at radius 3 is 2.46 bits per heavy atom. The molecule has 2 aromatic rings. The SMILES string of the molecule is CO.CO[C@@H]1CCC[C@]2(CO2)[C@H]1[C@@]1(C)O[C@@H]1CC=C(C)C.CSCC[C@H](N)C(=O)N[C@@H](Cc1c[nH]c2ccccc12)C(=O)N[C@@H](C)C(=O)OCC(NC=O)C(C)C. The molecular formula is C42H67N5O9S. The number of esters is 1. The number of allylic oxidation sites excluding steroid dienone is 1. The lowest BCUT2D eigenvalue weighted by Crippen LogP contribution is -2.55. The summed E-state index contributed by atoms with van der Waals surface area (Å²) in [5.74, 6) is -0.433. The fraction of sp³-hybridized carbons (Fsp3) is 0.667. The minimum absolute atomic E-state index is 0.0186. The number of epoxide rings is 2. The summed E-state index contributed by atoms with van der Waals surface area (Å²) in [4.78, 5) is 52.4. The zero-order valence-electron chi connectivity index (χ0n) is 35.2. The van der Waals surface area contributed by atoms with Crippen molar-refractivity contribution in [2.75, 3.05) is 39.4 Å². The summed E-state index contributed by atoms with van der Waals surface area (Å²) in [7, 11) is 2.83. The maximum Gasteiger partial charge on any atom is 0.328 e. The first-order valence-electron chi connectivity index (χ1n) is 19.9. The van der Waals surface area contributed by atoms with Gasteiger partial charge >= 0.3 is 5.97 Å². The molecule has 2 saturated heterocycles. The minimum Gasteiger partial charge on any atom is -0.462 e. The number of H-pyrrole nitrogens is 1. The minimum atomic E-state index is -0.964. The van der Waals surface area contributed by atoms with Gasteiger partial charge in [0.2, 0.25) is 18.2 Å². The summed E-state index contributed by atoms with van der Waals surface area (Å²) >= 11 is 1.58. The van der Waals surface area contributed by atoms with Crippen LogP contribution < -0.4 is 21.7 Å². The molecule has 2 aliphatic heterocycles. The van der Waals surface area contributed by atoms with Crippen LogP contribution in [0, 0.1) is 11.8 Å². The smallest absolute Gasteiger partial charge is 0.328 e. The van der Waals surface area contributed by atoms with Crippen molar-refractivity contribution in [1.29, 1.82) is 0 Å². The van der Waals surface area contributed by atoms with E-state index < -0.39 is 35.9 Å². The molecule has 1 spiro atoms. The number of rotatable bonds is 19. The summed E-state index contributed by atoms with van der Waals surface area (Å²) < 4.78 is 23.0. The number of benzene rings is 1. The maximum absolute atomic E-state index is 13.2. The lowest BCUT2D eigenvalue weighted by Gasteiger charge is -2.38. The largest absolute Gasteiger partial charge is 0.462 e. The van der Waals surface area contributed by atoms with Crippen LogP contribution in [0.25, 0.3) is 10.9 Å². The second kappa shape index (κ2) is 22.6. The fourth-order valence-electron chi connectivity index (χ4n) is 7.57. The highest BCUT2D eigenvalue weighted by molar-refractivity contribution is 7.98. The first-order chi connectivity index (χ1) is 27.2. The van der Waals surface area contributed by atoms with Gasteiger partial charge in [-0.15, -0.1) is 0 Å². The molecule has 1 saturated carbocycles. The highest BCUT2D eigenvalue weighted by atomic mass is 32.2. The van der Waals surface area contributed by atoms with E-state index in [0.717, 1.165) is 43.0 Å². The zero-order valence-corrected chi connectivity index (χ0v) is 36.0. The molecule has 3 aliphatic rings. The van der Waals surface area contributed by atoms with E-state index in [2.05, 4.69) is 47.8 Å². The molecule has 0 bridgehead atoms. The van der Waals surface area contributed by atoms with E-state index >= 15 is 0 Å². The first-order valence-corrected chi connectivity index (χ1v) is 21.3. The van der Waals surface area contributed by atoms with Gasteiger partial charge in [-0.05, 0) is 89.4 Å².